The van der Waals surface area contributed by atoms with Gasteiger partial charge in [0.1, 0.15) is 24.5 Å². The average molecular weight is 462 g/mol. The summed E-state index contributed by atoms with van der Waals surface area (Å²) in [6, 6.07) is 3.86. The molecule has 9 heteroatoms. The van der Waals surface area contributed by atoms with E-state index in [1.165, 1.54) is 6.33 Å². The van der Waals surface area contributed by atoms with Crippen molar-refractivity contribution in [2.75, 3.05) is 26.3 Å². The number of halogens is 1. The maximum absolute atomic E-state index is 5.35. The summed E-state index contributed by atoms with van der Waals surface area (Å²) in [6.07, 6.45) is 4.95. The van der Waals surface area contributed by atoms with Crippen molar-refractivity contribution in [2.45, 2.75) is 26.3 Å². The van der Waals surface area contributed by atoms with Gasteiger partial charge in [0.05, 0.1) is 6.26 Å². The molecule has 0 spiro atoms. The topological polar surface area (TPSA) is 89.5 Å². The van der Waals surface area contributed by atoms with E-state index in [1.54, 1.807) is 10.9 Å². The molecule has 0 aliphatic carbocycles. The minimum atomic E-state index is 0. The lowest BCUT2D eigenvalue weighted by Crippen LogP contribution is -2.39. The van der Waals surface area contributed by atoms with Crippen molar-refractivity contribution in [1.29, 1.82) is 0 Å². The molecule has 2 rings (SSSR count). The van der Waals surface area contributed by atoms with Crippen molar-refractivity contribution in [3.05, 3.63) is 36.3 Å². The minimum Gasteiger partial charge on any atom is -0.469 e. The lowest BCUT2D eigenvalue weighted by molar-refractivity contribution is 0.145. The van der Waals surface area contributed by atoms with Crippen LogP contribution < -0.4 is 10.6 Å². The normalized spacial score (nSPS) is 11.2. The molecule has 2 aromatic heterocycles. The number of aliphatic imine (C=N–C) groups is 1. The van der Waals surface area contributed by atoms with Gasteiger partial charge in [0.15, 0.2) is 5.96 Å². The van der Waals surface area contributed by atoms with Crippen LogP contribution >= 0.6 is 24.0 Å². The molecule has 2 N–H and O–H groups in total. The van der Waals surface area contributed by atoms with E-state index in [9.17, 15) is 0 Å². The fourth-order valence-electron chi connectivity index (χ4n) is 2.07. The third kappa shape index (κ3) is 8.34. The molecule has 0 bridgehead atoms. The second kappa shape index (κ2) is 12.7. The van der Waals surface area contributed by atoms with Crippen LogP contribution in [0.3, 0.4) is 0 Å². The van der Waals surface area contributed by atoms with Crippen molar-refractivity contribution in [3.63, 3.8) is 0 Å². The molecule has 0 saturated heterocycles. The van der Waals surface area contributed by atoms with Gasteiger partial charge < -0.3 is 19.8 Å². The Labute approximate surface area is 165 Å². The maximum Gasteiger partial charge on any atom is 0.191 e. The highest BCUT2D eigenvalue weighted by Crippen LogP contribution is 1.99. The molecule has 2 aromatic rings. The third-order valence-corrected chi connectivity index (χ3v) is 3.39. The first-order valence-electron chi connectivity index (χ1n) is 8.24. The third-order valence-electron chi connectivity index (χ3n) is 3.39. The van der Waals surface area contributed by atoms with Gasteiger partial charge in [0.2, 0.25) is 0 Å². The molecule has 0 aromatic carbocycles. The van der Waals surface area contributed by atoms with E-state index >= 15 is 0 Å². The van der Waals surface area contributed by atoms with E-state index < -0.39 is 0 Å². The van der Waals surface area contributed by atoms with Gasteiger partial charge in [-0.1, -0.05) is 0 Å². The van der Waals surface area contributed by atoms with Gasteiger partial charge >= 0.3 is 0 Å². The zero-order chi connectivity index (χ0) is 17.0. The lowest BCUT2D eigenvalue weighted by atomic mass is 10.3. The van der Waals surface area contributed by atoms with Gasteiger partial charge in [-0.2, -0.15) is 5.10 Å². The molecule has 140 valence electrons. The molecular weight excluding hydrogens is 435 g/mol. The SMILES string of the molecule is CCOCCCNC(=NCc1ncnn1C)NCCc1ccco1.I. The molecule has 0 fully saturated rings. The van der Waals surface area contributed by atoms with Gasteiger partial charge in [0.25, 0.3) is 0 Å². The number of hydrogen-bond acceptors (Lipinski definition) is 5. The van der Waals surface area contributed by atoms with Crippen LogP contribution in [0, 0.1) is 0 Å². The van der Waals surface area contributed by atoms with Crippen LogP contribution in [0.4, 0.5) is 0 Å². The molecule has 0 aliphatic rings. The fraction of sp³-hybridized carbons (Fsp3) is 0.562. The molecule has 0 unspecified atom stereocenters. The van der Waals surface area contributed by atoms with Crippen LogP contribution in [0.25, 0.3) is 0 Å². The van der Waals surface area contributed by atoms with E-state index in [-0.39, 0.29) is 24.0 Å². The van der Waals surface area contributed by atoms with Crippen LogP contribution in [0.1, 0.15) is 24.9 Å². The Bertz CT molecular complexity index is 600. The summed E-state index contributed by atoms with van der Waals surface area (Å²) < 4.78 is 12.4. The van der Waals surface area contributed by atoms with Gasteiger partial charge in [-0.25, -0.2) is 9.98 Å². The summed E-state index contributed by atoms with van der Waals surface area (Å²) in [7, 11) is 1.86. The number of hydrogen-bond donors (Lipinski definition) is 2. The van der Waals surface area contributed by atoms with Crippen molar-refractivity contribution in [1.82, 2.24) is 25.4 Å². The zero-order valence-corrected chi connectivity index (χ0v) is 17.1. The Morgan fingerprint density at radius 2 is 2.20 bits per heavy atom. The molecule has 8 nitrogen and oxygen atoms in total. The van der Waals surface area contributed by atoms with Gasteiger partial charge in [-0.15, -0.1) is 24.0 Å². The molecule has 0 atom stereocenters. The standard InChI is InChI=1S/C16H26N6O2.HI/c1-3-23-10-5-8-17-16(18-9-7-14-6-4-11-24-14)19-12-15-20-13-21-22(15)2;/h4,6,11,13H,3,5,7-10,12H2,1-2H3,(H2,17,18,19);1H. The highest BCUT2D eigenvalue weighted by atomic mass is 127. The zero-order valence-electron chi connectivity index (χ0n) is 14.8. The highest BCUT2D eigenvalue weighted by Gasteiger charge is 2.03. The number of guanidine groups is 1. The fourth-order valence-corrected chi connectivity index (χ4v) is 2.07. The van der Waals surface area contributed by atoms with Crippen LogP contribution in [-0.2, 0) is 24.8 Å². The smallest absolute Gasteiger partial charge is 0.191 e. The molecule has 0 amide bonds. The number of aryl methyl sites for hydroxylation is 1. The molecule has 0 aliphatic heterocycles. The van der Waals surface area contributed by atoms with Crippen LogP contribution in [-0.4, -0.2) is 47.0 Å². The number of aromatic nitrogens is 3. The van der Waals surface area contributed by atoms with Crippen LogP contribution in [0.2, 0.25) is 0 Å². The predicted molar refractivity (Wildman–Crippen MR) is 107 cm³/mol. The summed E-state index contributed by atoms with van der Waals surface area (Å²) in [5.41, 5.74) is 0. The van der Waals surface area contributed by atoms with Crippen LogP contribution in [0.5, 0.6) is 0 Å². The van der Waals surface area contributed by atoms with Crippen molar-refractivity contribution < 1.29 is 9.15 Å². The minimum absolute atomic E-state index is 0. The van der Waals surface area contributed by atoms with Gasteiger partial charge in [-0.05, 0) is 25.5 Å². The second-order valence-electron chi connectivity index (χ2n) is 5.20. The number of furan rings is 1. The highest BCUT2D eigenvalue weighted by molar-refractivity contribution is 14.0. The largest absolute Gasteiger partial charge is 0.469 e. The maximum atomic E-state index is 5.35. The first-order chi connectivity index (χ1) is 11.8. The second-order valence-corrected chi connectivity index (χ2v) is 5.20. The van der Waals surface area contributed by atoms with Crippen LogP contribution in [0.15, 0.2) is 34.1 Å². The number of nitrogens with one attached hydrogen (secondary N) is 2. The van der Waals surface area contributed by atoms with Gasteiger partial charge in [0, 0.05) is 39.8 Å². The quantitative estimate of drug-likeness (QED) is 0.242. The number of nitrogens with zero attached hydrogens (tertiary/aromatic N) is 4. The predicted octanol–water partition coefficient (Wildman–Crippen LogP) is 1.73. The summed E-state index contributed by atoms with van der Waals surface area (Å²) in [4.78, 5) is 8.75. The van der Waals surface area contributed by atoms with Crippen molar-refractivity contribution >= 4 is 29.9 Å². The Balaban J connectivity index is 0.00000312. The first-order valence-corrected chi connectivity index (χ1v) is 8.24. The Hall–Kier alpha value is -1.62. The number of rotatable bonds is 10. The van der Waals surface area contributed by atoms with E-state index in [1.807, 2.05) is 26.1 Å². The lowest BCUT2D eigenvalue weighted by Gasteiger charge is -2.12. The Kier molecular flexibility index (Phi) is 10.9. The average Bonchev–Trinajstić information content (AvgIpc) is 3.23. The van der Waals surface area contributed by atoms with Gasteiger partial charge in [-0.3, -0.25) is 4.68 Å². The van der Waals surface area contributed by atoms with E-state index in [2.05, 4.69) is 25.7 Å². The summed E-state index contributed by atoms with van der Waals surface area (Å²) >= 11 is 0. The summed E-state index contributed by atoms with van der Waals surface area (Å²) in [6.45, 7) is 5.49. The molecule has 25 heavy (non-hydrogen) atoms. The monoisotopic (exact) mass is 462 g/mol. The van der Waals surface area contributed by atoms with E-state index in [4.69, 9.17) is 9.15 Å². The Morgan fingerprint density at radius 3 is 2.88 bits per heavy atom. The molecule has 2 heterocycles. The molecule has 0 saturated carbocycles. The molecular formula is C16H27IN6O2. The first kappa shape index (κ1) is 21.4. The van der Waals surface area contributed by atoms with Crippen molar-refractivity contribution in [2.24, 2.45) is 12.0 Å². The number of ether oxygens (including phenoxy) is 1. The van der Waals surface area contributed by atoms with E-state index in [0.717, 1.165) is 56.7 Å². The Morgan fingerprint density at radius 1 is 1.36 bits per heavy atom. The van der Waals surface area contributed by atoms with E-state index in [0.29, 0.717) is 6.54 Å². The van der Waals surface area contributed by atoms with Crippen molar-refractivity contribution in [3.8, 4) is 0 Å². The summed E-state index contributed by atoms with van der Waals surface area (Å²) in [5, 5.41) is 10.7. The molecule has 0 radical (unpaired) electrons. The summed E-state index contributed by atoms with van der Waals surface area (Å²) in [5.74, 6) is 2.52.